The first-order valence-corrected chi connectivity index (χ1v) is 6.72. The van der Waals surface area contributed by atoms with E-state index in [9.17, 15) is 4.79 Å². The molecule has 0 saturated carbocycles. The normalized spacial score (nSPS) is 10.3. The van der Waals surface area contributed by atoms with Crippen LogP contribution in [0.5, 0.6) is 0 Å². The number of nitrogens with one attached hydrogen (secondary N) is 1. The maximum absolute atomic E-state index is 11.8. The van der Waals surface area contributed by atoms with Crippen molar-refractivity contribution in [3.05, 3.63) is 35.4 Å². The number of nitrogens with zero attached hydrogens (tertiary/aromatic N) is 1. The van der Waals surface area contributed by atoms with Gasteiger partial charge >= 0.3 is 6.03 Å². The second kappa shape index (κ2) is 9.34. The van der Waals surface area contributed by atoms with E-state index in [-0.39, 0.29) is 6.03 Å². The third-order valence-electron chi connectivity index (χ3n) is 2.97. The Kier molecular flexibility index (Phi) is 7.69. The van der Waals surface area contributed by atoms with Gasteiger partial charge in [-0.2, -0.15) is 0 Å². The van der Waals surface area contributed by atoms with Crippen molar-refractivity contribution in [3.63, 3.8) is 0 Å². The summed E-state index contributed by atoms with van der Waals surface area (Å²) in [6, 6.07) is 7.95. The highest BCUT2D eigenvalue weighted by molar-refractivity contribution is 5.73. The number of carbonyl (C=O) groups is 1. The number of urea groups is 1. The molecule has 5 nitrogen and oxygen atoms in total. The van der Waals surface area contributed by atoms with E-state index in [4.69, 9.17) is 9.47 Å². The van der Waals surface area contributed by atoms with Crippen molar-refractivity contribution in [2.75, 3.05) is 34.4 Å². The van der Waals surface area contributed by atoms with Gasteiger partial charge in [0.1, 0.15) is 0 Å². The van der Waals surface area contributed by atoms with Gasteiger partial charge in [0.25, 0.3) is 0 Å². The first-order chi connectivity index (χ1) is 9.67. The van der Waals surface area contributed by atoms with Crippen LogP contribution in [0.4, 0.5) is 4.79 Å². The molecule has 0 aliphatic heterocycles. The van der Waals surface area contributed by atoms with Crippen molar-refractivity contribution in [1.29, 1.82) is 0 Å². The average Bonchev–Trinajstić information content (AvgIpc) is 2.46. The van der Waals surface area contributed by atoms with Crippen molar-refractivity contribution in [2.24, 2.45) is 0 Å². The molecular formula is C15H24N2O3. The van der Waals surface area contributed by atoms with Crippen LogP contribution < -0.4 is 5.32 Å². The fraction of sp³-hybridized carbons (Fsp3) is 0.533. The summed E-state index contributed by atoms with van der Waals surface area (Å²) in [7, 11) is 5.12. The monoisotopic (exact) mass is 280 g/mol. The fourth-order valence-corrected chi connectivity index (χ4v) is 1.78. The van der Waals surface area contributed by atoms with Gasteiger partial charge < -0.3 is 19.7 Å². The highest BCUT2D eigenvalue weighted by Gasteiger charge is 2.07. The first-order valence-electron chi connectivity index (χ1n) is 6.72. The summed E-state index contributed by atoms with van der Waals surface area (Å²) in [6.07, 6.45) is 0.839. The second-order valence-corrected chi connectivity index (χ2v) is 4.68. The van der Waals surface area contributed by atoms with E-state index in [2.05, 4.69) is 5.32 Å². The Hall–Kier alpha value is -1.59. The first kappa shape index (κ1) is 16.5. The van der Waals surface area contributed by atoms with Crippen LogP contribution in [0.15, 0.2) is 24.3 Å². The molecule has 0 unspecified atom stereocenters. The van der Waals surface area contributed by atoms with Crippen molar-refractivity contribution in [3.8, 4) is 0 Å². The third kappa shape index (κ3) is 6.04. The lowest BCUT2D eigenvalue weighted by Crippen LogP contribution is -2.37. The largest absolute Gasteiger partial charge is 0.385 e. The Balaban J connectivity index is 2.32. The highest BCUT2D eigenvalue weighted by Crippen LogP contribution is 2.05. The molecule has 1 rings (SSSR count). The van der Waals surface area contributed by atoms with E-state index < -0.39 is 0 Å². The van der Waals surface area contributed by atoms with E-state index in [1.165, 1.54) is 0 Å². The summed E-state index contributed by atoms with van der Waals surface area (Å²) < 4.78 is 10.0. The molecule has 0 radical (unpaired) electrons. The van der Waals surface area contributed by atoms with Crippen LogP contribution in [0.3, 0.4) is 0 Å². The molecule has 0 atom stereocenters. The maximum Gasteiger partial charge on any atom is 0.317 e. The minimum absolute atomic E-state index is 0.0675. The molecule has 112 valence electrons. The van der Waals surface area contributed by atoms with Crippen LogP contribution in [-0.2, 0) is 22.6 Å². The molecule has 0 saturated heterocycles. The van der Waals surface area contributed by atoms with E-state index >= 15 is 0 Å². The molecular weight excluding hydrogens is 256 g/mol. The van der Waals surface area contributed by atoms with Gasteiger partial charge in [0.2, 0.25) is 0 Å². The maximum atomic E-state index is 11.8. The molecule has 0 aliphatic carbocycles. The Morgan fingerprint density at radius 1 is 1.15 bits per heavy atom. The van der Waals surface area contributed by atoms with Gasteiger partial charge in [0.05, 0.1) is 6.61 Å². The van der Waals surface area contributed by atoms with E-state index in [0.717, 1.165) is 17.5 Å². The second-order valence-electron chi connectivity index (χ2n) is 4.68. The van der Waals surface area contributed by atoms with Crippen molar-refractivity contribution >= 4 is 6.03 Å². The number of ether oxygens (including phenoxy) is 2. The number of benzene rings is 1. The molecule has 1 N–H and O–H groups in total. The number of hydrogen-bond acceptors (Lipinski definition) is 3. The van der Waals surface area contributed by atoms with Crippen LogP contribution in [0.1, 0.15) is 17.5 Å². The molecule has 5 heteroatoms. The molecule has 1 aromatic carbocycles. The van der Waals surface area contributed by atoms with Crippen LogP contribution in [-0.4, -0.2) is 45.3 Å². The topological polar surface area (TPSA) is 50.8 Å². The van der Waals surface area contributed by atoms with E-state index in [0.29, 0.717) is 26.3 Å². The van der Waals surface area contributed by atoms with Crippen LogP contribution in [0.2, 0.25) is 0 Å². The summed E-state index contributed by atoms with van der Waals surface area (Å²) in [5.41, 5.74) is 2.20. The van der Waals surface area contributed by atoms with E-state index in [1.807, 2.05) is 24.3 Å². The van der Waals surface area contributed by atoms with Gasteiger partial charge in [-0.05, 0) is 17.5 Å². The zero-order valence-corrected chi connectivity index (χ0v) is 12.5. The minimum atomic E-state index is -0.0675. The van der Waals surface area contributed by atoms with Crippen molar-refractivity contribution in [2.45, 2.75) is 19.6 Å². The van der Waals surface area contributed by atoms with E-state index in [1.54, 1.807) is 26.2 Å². The Morgan fingerprint density at radius 2 is 1.80 bits per heavy atom. The lowest BCUT2D eigenvalue weighted by molar-refractivity contribution is 0.175. The summed E-state index contributed by atoms with van der Waals surface area (Å²) >= 11 is 0. The quantitative estimate of drug-likeness (QED) is 0.741. The summed E-state index contributed by atoms with van der Waals surface area (Å²) in [5, 5.41) is 2.89. The fourth-order valence-electron chi connectivity index (χ4n) is 1.78. The zero-order chi connectivity index (χ0) is 14.8. The van der Waals surface area contributed by atoms with Crippen LogP contribution in [0, 0.1) is 0 Å². The molecule has 0 aliphatic rings. The van der Waals surface area contributed by atoms with Gasteiger partial charge in [-0.15, -0.1) is 0 Å². The number of rotatable bonds is 8. The SMILES string of the molecule is COCCCN(C)C(=O)NCc1ccc(COC)cc1. The third-order valence-corrected chi connectivity index (χ3v) is 2.97. The summed E-state index contributed by atoms with van der Waals surface area (Å²) in [6.45, 7) is 2.49. The summed E-state index contributed by atoms with van der Waals surface area (Å²) in [5.74, 6) is 0. The van der Waals surface area contributed by atoms with Crippen LogP contribution >= 0.6 is 0 Å². The van der Waals surface area contributed by atoms with Gasteiger partial charge in [-0.3, -0.25) is 0 Å². The van der Waals surface area contributed by atoms with Gasteiger partial charge in [0, 0.05) is 41.0 Å². The van der Waals surface area contributed by atoms with Crippen molar-refractivity contribution < 1.29 is 14.3 Å². The Labute approximate surface area is 120 Å². The predicted octanol–water partition coefficient (Wildman–Crippen LogP) is 2.01. The molecule has 20 heavy (non-hydrogen) atoms. The number of amides is 2. The number of methoxy groups -OCH3 is 2. The van der Waals surface area contributed by atoms with Gasteiger partial charge in [-0.1, -0.05) is 24.3 Å². The minimum Gasteiger partial charge on any atom is -0.385 e. The lowest BCUT2D eigenvalue weighted by atomic mass is 10.1. The molecule has 0 aromatic heterocycles. The molecule has 1 aromatic rings. The highest BCUT2D eigenvalue weighted by atomic mass is 16.5. The predicted molar refractivity (Wildman–Crippen MR) is 78.5 cm³/mol. The molecule has 2 amide bonds. The Morgan fingerprint density at radius 3 is 2.40 bits per heavy atom. The number of hydrogen-bond donors (Lipinski definition) is 1. The standard InChI is InChI=1S/C15H24N2O3/c1-17(9-4-10-19-2)15(18)16-11-13-5-7-14(8-6-13)12-20-3/h5-8H,4,9-12H2,1-3H3,(H,16,18). The zero-order valence-electron chi connectivity index (χ0n) is 12.5. The molecule has 0 fully saturated rings. The van der Waals surface area contributed by atoms with Gasteiger partial charge in [0.15, 0.2) is 0 Å². The lowest BCUT2D eigenvalue weighted by Gasteiger charge is -2.17. The smallest absolute Gasteiger partial charge is 0.317 e. The molecule has 0 heterocycles. The van der Waals surface area contributed by atoms with Crippen LogP contribution in [0.25, 0.3) is 0 Å². The molecule has 0 bridgehead atoms. The summed E-state index contributed by atoms with van der Waals surface area (Å²) in [4.78, 5) is 13.5. The van der Waals surface area contributed by atoms with Crippen molar-refractivity contribution in [1.82, 2.24) is 10.2 Å². The average molecular weight is 280 g/mol. The van der Waals surface area contributed by atoms with Gasteiger partial charge in [-0.25, -0.2) is 4.79 Å². The Bertz CT molecular complexity index is 393. The number of carbonyl (C=O) groups excluding carboxylic acids is 1. The molecule has 0 spiro atoms.